The third-order valence-corrected chi connectivity index (χ3v) is 9.17. The highest BCUT2D eigenvalue weighted by Crippen LogP contribution is 2.50. The minimum atomic E-state index is -0.810. The van der Waals surface area contributed by atoms with Crippen molar-refractivity contribution in [1.29, 1.82) is 0 Å². The number of β-amino-alcohol motifs (C(OH)–C–C–N with tert-alkyl or cyclic N) is 1. The number of hydrogen-bond donors (Lipinski definition) is 2. The van der Waals surface area contributed by atoms with Gasteiger partial charge >= 0.3 is 6.03 Å². The van der Waals surface area contributed by atoms with Gasteiger partial charge in [-0.1, -0.05) is 30.3 Å². The van der Waals surface area contributed by atoms with Gasteiger partial charge in [0.05, 0.1) is 24.8 Å². The minimum Gasteiger partial charge on any atom is -0.481 e. The van der Waals surface area contributed by atoms with Gasteiger partial charge in [-0.25, -0.2) is 9.78 Å². The van der Waals surface area contributed by atoms with Crippen LogP contribution in [-0.4, -0.2) is 93.7 Å². The summed E-state index contributed by atoms with van der Waals surface area (Å²) in [6.45, 7) is 1.21. The third-order valence-electron chi connectivity index (χ3n) is 9.17. The van der Waals surface area contributed by atoms with Crippen molar-refractivity contribution in [2.75, 3.05) is 46.2 Å². The molecule has 3 aliphatic rings. The van der Waals surface area contributed by atoms with Gasteiger partial charge in [0.25, 0.3) is 0 Å². The summed E-state index contributed by atoms with van der Waals surface area (Å²) in [5, 5.41) is 13.8. The summed E-state index contributed by atoms with van der Waals surface area (Å²) in [7, 11) is 5.77. The van der Waals surface area contributed by atoms with Gasteiger partial charge in [0.2, 0.25) is 17.7 Å². The Kier molecular flexibility index (Phi) is 7.52. The normalized spacial score (nSPS) is 26.1. The van der Waals surface area contributed by atoms with Crippen LogP contribution < -0.4 is 10.1 Å². The molecule has 5 rings (SSSR count). The summed E-state index contributed by atoms with van der Waals surface area (Å²) in [6.07, 6.45) is 7.57. The Balaban J connectivity index is 1.30. The maximum atomic E-state index is 13.8. The summed E-state index contributed by atoms with van der Waals surface area (Å²) < 4.78 is 5.09. The lowest BCUT2D eigenvalue weighted by molar-refractivity contribution is -0.116. The third kappa shape index (κ3) is 5.32. The number of aliphatic hydroxyl groups is 1. The summed E-state index contributed by atoms with van der Waals surface area (Å²) >= 11 is 0. The molecular weight excluding hydrogens is 496 g/mol. The first-order valence-corrected chi connectivity index (χ1v) is 13.9. The van der Waals surface area contributed by atoms with E-state index in [4.69, 9.17) is 4.74 Å². The fourth-order valence-electron chi connectivity index (χ4n) is 6.57. The van der Waals surface area contributed by atoms with Gasteiger partial charge in [-0.15, -0.1) is 0 Å². The second-order valence-electron chi connectivity index (χ2n) is 11.6. The monoisotopic (exact) mass is 536 g/mol. The number of rotatable bonds is 9. The molecule has 2 N–H and O–H groups in total. The first-order chi connectivity index (χ1) is 18.7. The SMILES string of the molecule is COc1ccnc(NC(=O)CCN2C[C@]3(CC[C@](c4ccccc4)(N(C)C)CC3)N(CC3(O)CCC3)C2=O)n1. The van der Waals surface area contributed by atoms with Gasteiger partial charge in [-0.2, -0.15) is 4.98 Å². The molecule has 0 atom stereocenters. The predicted octanol–water partition coefficient (Wildman–Crippen LogP) is 3.24. The van der Waals surface area contributed by atoms with Crippen LogP contribution in [0.4, 0.5) is 10.7 Å². The van der Waals surface area contributed by atoms with Gasteiger partial charge in [0.15, 0.2) is 0 Å². The van der Waals surface area contributed by atoms with Crippen molar-refractivity contribution in [3.63, 3.8) is 0 Å². The Labute approximate surface area is 230 Å². The molecule has 3 amide bonds. The fourth-order valence-corrected chi connectivity index (χ4v) is 6.57. The van der Waals surface area contributed by atoms with Gasteiger partial charge < -0.3 is 19.6 Å². The van der Waals surface area contributed by atoms with E-state index in [-0.39, 0.29) is 35.4 Å². The highest BCUT2D eigenvalue weighted by Gasteiger charge is 2.56. The minimum absolute atomic E-state index is 0.0854. The molecule has 2 aliphatic carbocycles. The number of aromatic nitrogens is 2. The van der Waals surface area contributed by atoms with Crippen molar-refractivity contribution in [3.05, 3.63) is 48.2 Å². The van der Waals surface area contributed by atoms with Crippen LogP contribution >= 0.6 is 0 Å². The second kappa shape index (κ2) is 10.7. The molecule has 0 unspecified atom stereocenters. The summed E-state index contributed by atoms with van der Waals surface area (Å²) in [5.74, 6) is 0.272. The fraction of sp³-hybridized carbons (Fsp3) is 0.586. The van der Waals surface area contributed by atoms with Crippen LogP contribution in [0.3, 0.4) is 0 Å². The molecule has 1 aromatic carbocycles. The number of urea groups is 1. The summed E-state index contributed by atoms with van der Waals surface area (Å²) in [6, 6.07) is 12.1. The Morgan fingerprint density at radius 1 is 1.10 bits per heavy atom. The van der Waals surface area contributed by atoms with Crippen LogP contribution in [0.25, 0.3) is 0 Å². The molecule has 1 aromatic heterocycles. The number of nitrogens with zero attached hydrogens (tertiary/aromatic N) is 5. The number of carbonyl (C=O) groups excluding carboxylic acids is 2. The van der Waals surface area contributed by atoms with E-state index in [0.717, 1.165) is 44.9 Å². The molecule has 2 saturated carbocycles. The number of nitrogens with one attached hydrogen (secondary N) is 1. The number of anilines is 1. The number of ether oxygens (including phenoxy) is 1. The average molecular weight is 537 g/mol. The molecule has 1 aliphatic heterocycles. The van der Waals surface area contributed by atoms with Crippen molar-refractivity contribution in [3.8, 4) is 5.88 Å². The number of benzene rings is 1. The molecule has 1 spiro atoms. The summed E-state index contributed by atoms with van der Waals surface area (Å²) in [4.78, 5) is 40.7. The zero-order chi connectivity index (χ0) is 27.7. The molecule has 2 aromatic rings. The highest BCUT2D eigenvalue weighted by molar-refractivity contribution is 5.89. The largest absolute Gasteiger partial charge is 0.481 e. The van der Waals surface area contributed by atoms with Crippen molar-refractivity contribution < 1.29 is 19.4 Å². The number of amides is 3. The standard InChI is InChI=1S/C29H40N6O4/c1-33(2)29(22-8-5-4-6-9-22)16-14-27(15-17-29)20-34(26(37)35(27)21-28(38)12-7-13-28)19-11-23(36)31-25-30-18-10-24(32-25)39-3/h4-6,8-10,18,38H,7,11-17,19-21H2,1-3H3,(H,30,31,32,36)/t27-,29+. The quantitative estimate of drug-likeness (QED) is 0.506. The number of carbonyl (C=O) groups is 2. The Bertz CT molecular complexity index is 1180. The highest BCUT2D eigenvalue weighted by atomic mass is 16.5. The van der Waals surface area contributed by atoms with Crippen molar-refractivity contribution in [2.45, 2.75) is 68.0 Å². The molecule has 1 saturated heterocycles. The lowest BCUT2D eigenvalue weighted by Crippen LogP contribution is -2.59. The van der Waals surface area contributed by atoms with Gasteiger partial charge in [0, 0.05) is 37.3 Å². The van der Waals surface area contributed by atoms with E-state index in [2.05, 4.69) is 58.5 Å². The van der Waals surface area contributed by atoms with E-state index >= 15 is 0 Å². The average Bonchev–Trinajstić information content (AvgIpc) is 3.17. The van der Waals surface area contributed by atoms with Crippen LogP contribution in [0.2, 0.25) is 0 Å². The lowest BCUT2D eigenvalue weighted by atomic mass is 9.67. The maximum absolute atomic E-state index is 13.8. The molecule has 10 heteroatoms. The van der Waals surface area contributed by atoms with E-state index in [1.54, 1.807) is 11.0 Å². The van der Waals surface area contributed by atoms with Crippen LogP contribution in [-0.2, 0) is 10.3 Å². The van der Waals surface area contributed by atoms with E-state index in [1.807, 2.05) is 11.0 Å². The number of methoxy groups -OCH3 is 1. The second-order valence-corrected chi connectivity index (χ2v) is 11.6. The Hall–Kier alpha value is -3.24. The maximum Gasteiger partial charge on any atom is 0.320 e. The lowest BCUT2D eigenvalue weighted by Gasteiger charge is -2.52. The predicted molar refractivity (Wildman–Crippen MR) is 147 cm³/mol. The first kappa shape index (κ1) is 27.3. The molecule has 0 bridgehead atoms. The molecule has 10 nitrogen and oxygen atoms in total. The molecule has 210 valence electrons. The zero-order valence-electron chi connectivity index (χ0n) is 23.2. The van der Waals surface area contributed by atoms with Crippen molar-refractivity contribution in [2.24, 2.45) is 0 Å². The summed E-state index contributed by atoms with van der Waals surface area (Å²) in [5.41, 5.74) is 0.0309. The molecular formula is C29H40N6O4. The van der Waals surface area contributed by atoms with Crippen LogP contribution in [0.5, 0.6) is 5.88 Å². The topological polar surface area (TPSA) is 111 Å². The molecule has 3 fully saturated rings. The molecule has 0 radical (unpaired) electrons. The molecule has 2 heterocycles. The van der Waals surface area contributed by atoms with E-state index in [0.29, 0.717) is 25.5 Å². The van der Waals surface area contributed by atoms with E-state index in [1.165, 1.54) is 18.9 Å². The van der Waals surface area contributed by atoms with Crippen LogP contribution in [0.15, 0.2) is 42.6 Å². The van der Waals surface area contributed by atoms with Crippen molar-refractivity contribution in [1.82, 2.24) is 24.7 Å². The Morgan fingerprint density at radius 2 is 1.82 bits per heavy atom. The first-order valence-electron chi connectivity index (χ1n) is 13.9. The van der Waals surface area contributed by atoms with Crippen LogP contribution in [0, 0.1) is 0 Å². The smallest absolute Gasteiger partial charge is 0.320 e. The van der Waals surface area contributed by atoms with E-state index < -0.39 is 5.60 Å². The zero-order valence-corrected chi connectivity index (χ0v) is 23.2. The number of hydrogen-bond acceptors (Lipinski definition) is 7. The van der Waals surface area contributed by atoms with E-state index in [9.17, 15) is 14.7 Å². The molecule has 39 heavy (non-hydrogen) atoms. The van der Waals surface area contributed by atoms with Gasteiger partial charge in [-0.3, -0.25) is 15.0 Å². The van der Waals surface area contributed by atoms with Gasteiger partial charge in [-0.05, 0) is 64.6 Å². The van der Waals surface area contributed by atoms with Gasteiger partial charge in [0.1, 0.15) is 0 Å². The van der Waals surface area contributed by atoms with Crippen molar-refractivity contribution >= 4 is 17.9 Å². The Morgan fingerprint density at radius 3 is 2.44 bits per heavy atom. The van der Waals surface area contributed by atoms with Crippen LogP contribution in [0.1, 0.15) is 56.9 Å².